The third-order valence-corrected chi connectivity index (χ3v) is 8.88. The summed E-state index contributed by atoms with van der Waals surface area (Å²) in [4.78, 5) is 25.6. The first-order chi connectivity index (χ1) is 15.4. The van der Waals surface area contributed by atoms with E-state index < -0.39 is 20.9 Å². The van der Waals surface area contributed by atoms with Gasteiger partial charge in [-0.3, -0.25) is 14.9 Å². The molecule has 3 heterocycles. The Kier molecular flexibility index (Phi) is 5.07. The van der Waals surface area contributed by atoms with E-state index in [1.165, 1.54) is 27.4 Å². The molecule has 1 amide bonds. The van der Waals surface area contributed by atoms with Crippen LogP contribution in [0, 0.1) is 10.1 Å². The Morgan fingerprint density at radius 3 is 2.53 bits per heavy atom. The van der Waals surface area contributed by atoms with Gasteiger partial charge in [-0.2, -0.15) is 4.31 Å². The number of nitrogens with zero attached hydrogens (tertiary/aromatic N) is 3. The topological polar surface area (TPSA) is 101 Å². The number of non-ortho nitro benzene ring substituents is 1. The molecule has 3 aromatic rings. The van der Waals surface area contributed by atoms with Crippen LogP contribution < -0.4 is 4.90 Å². The highest BCUT2D eigenvalue weighted by Crippen LogP contribution is 2.36. The third-order valence-electron chi connectivity index (χ3n) is 5.96. The van der Waals surface area contributed by atoms with Crippen molar-refractivity contribution in [3.8, 4) is 0 Å². The fourth-order valence-electron chi connectivity index (χ4n) is 4.29. The summed E-state index contributed by atoms with van der Waals surface area (Å²) in [5.74, 6) is -0.449. The SMILES string of the molecule is O=C(c1sccc1S(=O)(=O)N1CCc2ccccc2C1)N1CCc2ccc([N+](=O)[O-])cc21. The van der Waals surface area contributed by atoms with Crippen LogP contribution in [0.1, 0.15) is 26.4 Å². The third kappa shape index (κ3) is 3.40. The molecule has 0 spiro atoms. The summed E-state index contributed by atoms with van der Waals surface area (Å²) in [6.07, 6.45) is 1.18. The van der Waals surface area contributed by atoms with Crippen LogP contribution in [0.2, 0.25) is 0 Å². The molecular formula is C22H19N3O5S2. The van der Waals surface area contributed by atoms with Gasteiger partial charge in [0.2, 0.25) is 10.0 Å². The molecule has 0 atom stereocenters. The van der Waals surface area contributed by atoms with Gasteiger partial charge >= 0.3 is 0 Å². The van der Waals surface area contributed by atoms with Gasteiger partial charge < -0.3 is 4.90 Å². The van der Waals surface area contributed by atoms with E-state index in [0.717, 1.165) is 28.0 Å². The van der Waals surface area contributed by atoms with Gasteiger partial charge in [-0.05, 0) is 41.0 Å². The normalized spacial score (nSPS) is 15.9. The molecule has 0 saturated heterocycles. The van der Waals surface area contributed by atoms with Crippen molar-refractivity contribution in [3.05, 3.63) is 85.6 Å². The molecule has 8 nitrogen and oxygen atoms in total. The highest BCUT2D eigenvalue weighted by molar-refractivity contribution is 7.89. The van der Waals surface area contributed by atoms with Crippen molar-refractivity contribution in [2.45, 2.75) is 24.3 Å². The number of thiophene rings is 1. The first kappa shape index (κ1) is 20.8. The lowest BCUT2D eigenvalue weighted by Gasteiger charge is -2.28. The Bertz CT molecular complexity index is 1350. The minimum atomic E-state index is -3.88. The zero-order chi connectivity index (χ0) is 22.5. The summed E-state index contributed by atoms with van der Waals surface area (Å²) >= 11 is 1.08. The summed E-state index contributed by atoms with van der Waals surface area (Å²) in [6.45, 7) is 0.964. The summed E-state index contributed by atoms with van der Waals surface area (Å²) in [7, 11) is -3.88. The molecule has 0 bridgehead atoms. The zero-order valence-corrected chi connectivity index (χ0v) is 18.6. The Balaban J connectivity index is 1.47. The van der Waals surface area contributed by atoms with E-state index in [9.17, 15) is 23.3 Å². The van der Waals surface area contributed by atoms with Crippen molar-refractivity contribution >= 4 is 38.6 Å². The van der Waals surface area contributed by atoms with Crippen molar-refractivity contribution in [2.24, 2.45) is 0 Å². The second-order valence-corrected chi connectivity index (χ2v) is 10.6. The molecule has 0 aliphatic carbocycles. The summed E-state index contributed by atoms with van der Waals surface area (Å²) in [6, 6.07) is 13.7. The fraction of sp³-hybridized carbons (Fsp3) is 0.227. The number of carbonyl (C=O) groups excluding carboxylic acids is 1. The van der Waals surface area contributed by atoms with E-state index in [2.05, 4.69) is 0 Å². The number of fused-ring (bicyclic) bond motifs is 2. The van der Waals surface area contributed by atoms with Gasteiger partial charge in [-0.25, -0.2) is 8.42 Å². The molecule has 164 valence electrons. The quantitative estimate of drug-likeness (QED) is 0.429. The van der Waals surface area contributed by atoms with Gasteiger partial charge in [0.25, 0.3) is 11.6 Å². The number of nitro benzene ring substituents is 1. The van der Waals surface area contributed by atoms with Crippen LogP contribution in [0.3, 0.4) is 0 Å². The smallest absolute Gasteiger partial charge is 0.271 e. The maximum Gasteiger partial charge on any atom is 0.271 e. The summed E-state index contributed by atoms with van der Waals surface area (Å²) < 4.78 is 28.3. The average Bonchev–Trinajstić information content (AvgIpc) is 3.45. The minimum absolute atomic E-state index is 0.00855. The molecular weight excluding hydrogens is 450 g/mol. The van der Waals surface area contributed by atoms with Crippen molar-refractivity contribution in [1.29, 1.82) is 0 Å². The molecule has 2 aliphatic rings. The van der Waals surface area contributed by atoms with Gasteiger partial charge in [0.1, 0.15) is 9.77 Å². The Morgan fingerprint density at radius 2 is 1.75 bits per heavy atom. The van der Waals surface area contributed by atoms with E-state index in [1.807, 2.05) is 24.3 Å². The second kappa shape index (κ2) is 7.80. The van der Waals surface area contributed by atoms with Crippen LogP contribution in [-0.4, -0.2) is 36.6 Å². The average molecular weight is 470 g/mol. The van der Waals surface area contributed by atoms with Crippen LogP contribution in [-0.2, 0) is 29.4 Å². The van der Waals surface area contributed by atoms with E-state index in [0.29, 0.717) is 31.6 Å². The Hall–Kier alpha value is -3.08. The number of benzene rings is 2. The van der Waals surface area contributed by atoms with Crippen LogP contribution in [0.25, 0.3) is 0 Å². The van der Waals surface area contributed by atoms with Gasteiger partial charge in [0, 0.05) is 31.8 Å². The molecule has 0 fully saturated rings. The van der Waals surface area contributed by atoms with Gasteiger partial charge in [-0.1, -0.05) is 30.3 Å². The second-order valence-electron chi connectivity index (χ2n) is 7.75. The summed E-state index contributed by atoms with van der Waals surface area (Å²) in [5, 5.41) is 12.8. The lowest BCUT2D eigenvalue weighted by Crippen LogP contribution is -2.37. The van der Waals surface area contributed by atoms with Crippen LogP contribution in [0.5, 0.6) is 0 Å². The first-order valence-corrected chi connectivity index (χ1v) is 12.4. The Labute approximate surface area is 188 Å². The predicted molar refractivity (Wildman–Crippen MR) is 121 cm³/mol. The van der Waals surface area contributed by atoms with Gasteiger partial charge in [-0.15, -0.1) is 11.3 Å². The molecule has 1 aromatic heterocycles. The van der Waals surface area contributed by atoms with E-state index in [1.54, 1.807) is 11.4 Å². The maximum absolute atomic E-state index is 13.5. The number of carbonyl (C=O) groups is 1. The molecule has 2 aromatic carbocycles. The molecule has 0 radical (unpaired) electrons. The number of anilines is 1. The van der Waals surface area contributed by atoms with Crippen molar-refractivity contribution in [2.75, 3.05) is 18.0 Å². The minimum Gasteiger partial charge on any atom is -0.307 e. The van der Waals surface area contributed by atoms with Crippen LogP contribution in [0.4, 0.5) is 11.4 Å². The lowest BCUT2D eigenvalue weighted by molar-refractivity contribution is -0.384. The number of hydrogen-bond donors (Lipinski definition) is 0. The molecule has 0 saturated carbocycles. The van der Waals surface area contributed by atoms with Crippen LogP contribution >= 0.6 is 11.3 Å². The van der Waals surface area contributed by atoms with Crippen molar-refractivity contribution in [3.63, 3.8) is 0 Å². The van der Waals surface area contributed by atoms with Crippen molar-refractivity contribution < 1.29 is 18.1 Å². The molecule has 0 unspecified atom stereocenters. The number of nitro groups is 1. The van der Waals surface area contributed by atoms with Crippen molar-refractivity contribution in [1.82, 2.24) is 4.31 Å². The van der Waals surface area contributed by atoms with Gasteiger partial charge in [0.05, 0.1) is 10.6 Å². The molecule has 5 rings (SSSR count). The summed E-state index contributed by atoms with van der Waals surface area (Å²) in [5.41, 5.74) is 3.29. The molecule has 10 heteroatoms. The fourth-order valence-corrected chi connectivity index (χ4v) is 7.05. The highest BCUT2D eigenvalue weighted by Gasteiger charge is 2.35. The number of sulfonamides is 1. The first-order valence-electron chi connectivity index (χ1n) is 10.1. The predicted octanol–water partition coefficient (Wildman–Crippen LogP) is 3.61. The lowest BCUT2D eigenvalue weighted by atomic mass is 10.0. The monoisotopic (exact) mass is 469 g/mol. The molecule has 32 heavy (non-hydrogen) atoms. The highest BCUT2D eigenvalue weighted by atomic mass is 32.2. The van der Waals surface area contributed by atoms with E-state index in [4.69, 9.17) is 0 Å². The number of amides is 1. The van der Waals surface area contributed by atoms with Crippen LogP contribution in [0.15, 0.2) is 58.8 Å². The molecule has 2 aliphatic heterocycles. The maximum atomic E-state index is 13.5. The molecule has 0 N–H and O–H groups in total. The Morgan fingerprint density at radius 1 is 1.00 bits per heavy atom. The standard InChI is InChI=1S/C22H19N3O5S2/c26-22(24-11-8-16-5-6-18(25(27)28)13-19(16)24)21-20(9-12-31-21)32(29,30)23-10-7-15-3-1-2-4-17(15)14-23/h1-6,9,12-13H,7-8,10-11,14H2. The van der Waals surface area contributed by atoms with E-state index >= 15 is 0 Å². The van der Waals surface area contributed by atoms with E-state index in [-0.39, 0.29) is 22.0 Å². The zero-order valence-electron chi connectivity index (χ0n) is 16.9. The van der Waals surface area contributed by atoms with Gasteiger partial charge in [0.15, 0.2) is 0 Å². The largest absolute Gasteiger partial charge is 0.307 e. The number of hydrogen-bond acceptors (Lipinski definition) is 6. The number of rotatable bonds is 4.